The highest BCUT2D eigenvalue weighted by Gasteiger charge is 2.31. The third-order valence-electron chi connectivity index (χ3n) is 4.55. The molecule has 2 aromatic rings. The first kappa shape index (κ1) is 21.3. The number of nitrogens with zero attached hydrogens (tertiary/aromatic N) is 3. The Morgan fingerprint density at radius 1 is 1.07 bits per heavy atom. The number of hydrogen-bond acceptors (Lipinski definition) is 6. The predicted molar refractivity (Wildman–Crippen MR) is 102 cm³/mol. The molecule has 30 heavy (non-hydrogen) atoms. The van der Waals surface area contributed by atoms with Crippen molar-refractivity contribution >= 4 is 23.5 Å². The molecule has 1 fully saturated rings. The molecule has 0 bridgehead atoms. The summed E-state index contributed by atoms with van der Waals surface area (Å²) in [6.45, 7) is 1.86. The van der Waals surface area contributed by atoms with Crippen molar-refractivity contribution < 1.29 is 27.5 Å². The summed E-state index contributed by atoms with van der Waals surface area (Å²) in [6, 6.07) is 6.28. The molecule has 2 N–H and O–H groups in total. The molecule has 0 aliphatic carbocycles. The van der Waals surface area contributed by atoms with Crippen molar-refractivity contribution in [1.29, 1.82) is 0 Å². The van der Waals surface area contributed by atoms with Gasteiger partial charge in [-0.1, -0.05) is 0 Å². The number of hydrogen-bond donors (Lipinski definition) is 2. The summed E-state index contributed by atoms with van der Waals surface area (Å²) in [6.07, 6.45) is 0.213. The highest BCUT2D eigenvalue weighted by Crippen LogP contribution is 2.24. The first-order valence-corrected chi connectivity index (χ1v) is 9.27. The highest BCUT2D eigenvalue weighted by atomic mass is 19.4. The van der Waals surface area contributed by atoms with Gasteiger partial charge in [0.15, 0.2) is 0 Å². The number of nitrogens with one attached hydrogen (secondary N) is 2. The lowest BCUT2D eigenvalue weighted by Crippen LogP contribution is -2.42. The van der Waals surface area contributed by atoms with Crippen LogP contribution in [0.25, 0.3) is 0 Å². The maximum atomic E-state index is 12.2. The number of aromatic nitrogens is 2. The average Bonchev–Trinajstić information content (AvgIpc) is 2.73. The van der Waals surface area contributed by atoms with Gasteiger partial charge >= 0.3 is 18.2 Å². The second-order valence-corrected chi connectivity index (χ2v) is 6.72. The van der Waals surface area contributed by atoms with Crippen LogP contribution in [0.4, 0.5) is 24.8 Å². The standard InChI is InChI=1S/C19H20F3N5O3/c20-19(21,22)30-15-4-2-14(3-5-15)26-17(29)16(28)25-12-13-6-10-27(11-7-13)18-23-8-1-9-24-18/h1-5,8-9,13H,6-7,10-12H2,(H,25,28)(H,26,29). The number of benzene rings is 1. The number of rotatable bonds is 5. The number of amides is 2. The van der Waals surface area contributed by atoms with E-state index in [-0.39, 0.29) is 11.6 Å². The molecule has 8 nitrogen and oxygen atoms in total. The molecule has 11 heteroatoms. The van der Waals surface area contributed by atoms with E-state index in [1.54, 1.807) is 18.5 Å². The van der Waals surface area contributed by atoms with Gasteiger partial charge in [-0.15, -0.1) is 13.2 Å². The van der Waals surface area contributed by atoms with E-state index in [1.807, 2.05) is 0 Å². The summed E-state index contributed by atoms with van der Waals surface area (Å²) in [5.74, 6) is -1.22. The molecule has 2 heterocycles. The Morgan fingerprint density at radius 3 is 2.30 bits per heavy atom. The largest absolute Gasteiger partial charge is 0.573 e. The Bertz CT molecular complexity index is 854. The fraction of sp³-hybridized carbons (Fsp3) is 0.368. The first-order chi connectivity index (χ1) is 14.3. The lowest BCUT2D eigenvalue weighted by Gasteiger charge is -2.31. The molecule has 0 spiro atoms. The van der Waals surface area contributed by atoms with Crippen molar-refractivity contribution in [2.45, 2.75) is 19.2 Å². The number of piperidine rings is 1. The summed E-state index contributed by atoms with van der Waals surface area (Å²) in [5.41, 5.74) is 0.181. The maximum Gasteiger partial charge on any atom is 0.573 e. The van der Waals surface area contributed by atoms with Crippen LogP contribution in [0, 0.1) is 5.92 Å². The topological polar surface area (TPSA) is 96.5 Å². The fourth-order valence-electron chi connectivity index (χ4n) is 3.04. The minimum absolute atomic E-state index is 0.181. The van der Waals surface area contributed by atoms with Crippen molar-refractivity contribution in [3.8, 4) is 5.75 Å². The molecule has 1 aliphatic rings. The van der Waals surface area contributed by atoms with Crippen molar-refractivity contribution in [3.63, 3.8) is 0 Å². The van der Waals surface area contributed by atoms with Gasteiger partial charge in [0.05, 0.1) is 0 Å². The average molecular weight is 423 g/mol. The summed E-state index contributed by atoms with van der Waals surface area (Å²) < 4.78 is 40.2. The molecule has 0 saturated carbocycles. The number of carbonyl (C=O) groups is 2. The van der Waals surface area contributed by atoms with E-state index in [2.05, 4.69) is 30.2 Å². The lowest BCUT2D eigenvalue weighted by molar-refractivity contribution is -0.274. The molecular weight excluding hydrogens is 403 g/mol. The summed E-state index contributed by atoms with van der Waals surface area (Å²) >= 11 is 0. The number of ether oxygens (including phenoxy) is 1. The number of anilines is 2. The molecule has 1 aromatic carbocycles. The van der Waals surface area contributed by atoms with Crippen LogP contribution in [0.1, 0.15) is 12.8 Å². The van der Waals surface area contributed by atoms with Crippen molar-refractivity contribution in [1.82, 2.24) is 15.3 Å². The minimum atomic E-state index is -4.80. The van der Waals surface area contributed by atoms with Crippen LogP contribution < -0.4 is 20.3 Å². The van der Waals surface area contributed by atoms with Crippen molar-refractivity contribution in [3.05, 3.63) is 42.7 Å². The summed E-state index contributed by atoms with van der Waals surface area (Å²) in [5, 5.41) is 4.93. The zero-order valence-electron chi connectivity index (χ0n) is 15.9. The van der Waals surface area contributed by atoms with Gasteiger partial charge < -0.3 is 20.3 Å². The van der Waals surface area contributed by atoms with Crippen LogP contribution in [0.5, 0.6) is 5.75 Å². The Balaban J connectivity index is 1.40. The molecule has 0 radical (unpaired) electrons. The SMILES string of the molecule is O=C(NCC1CCN(c2ncccn2)CC1)C(=O)Nc1ccc(OC(F)(F)F)cc1. The molecule has 1 aliphatic heterocycles. The van der Waals surface area contributed by atoms with E-state index >= 15 is 0 Å². The van der Waals surface area contributed by atoms with E-state index in [0.717, 1.165) is 38.1 Å². The van der Waals surface area contributed by atoms with Crippen LogP contribution in [0.15, 0.2) is 42.7 Å². The molecule has 1 aromatic heterocycles. The van der Waals surface area contributed by atoms with E-state index in [9.17, 15) is 22.8 Å². The molecule has 160 valence electrons. The van der Waals surface area contributed by atoms with Gasteiger partial charge in [-0.05, 0) is 49.1 Å². The maximum absolute atomic E-state index is 12.2. The van der Waals surface area contributed by atoms with E-state index in [1.165, 1.54) is 12.1 Å². The molecule has 0 unspecified atom stereocenters. The molecular formula is C19H20F3N5O3. The van der Waals surface area contributed by atoms with Gasteiger partial charge in [0.2, 0.25) is 5.95 Å². The molecule has 1 saturated heterocycles. The Labute approximate surface area is 170 Å². The first-order valence-electron chi connectivity index (χ1n) is 9.27. The van der Waals surface area contributed by atoms with Gasteiger partial charge in [-0.25, -0.2) is 9.97 Å². The minimum Gasteiger partial charge on any atom is -0.406 e. The van der Waals surface area contributed by atoms with Gasteiger partial charge in [0.1, 0.15) is 5.75 Å². The van der Waals surface area contributed by atoms with Crippen LogP contribution in [-0.4, -0.2) is 47.8 Å². The highest BCUT2D eigenvalue weighted by molar-refractivity contribution is 6.39. The van der Waals surface area contributed by atoms with Gasteiger partial charge in [0.25, 0.3) is 0 Å². The second kappa shape index (κ2) is 9.42. The normalized spacial score (nSPS) is 14.8. The van der Waals surface area contributed by atoms with Crippen LogP contribution in [-0.2, 0) is 9.59 Å². The van der Waals surface area contributed by atoms with Crippen molar-refractivity contribution in [2.24, 2.45) is 5.92 Å². The summed E-state index contributed by atoms with van der Waals surface area (Å²) in [4.78, 5) is 34.5. The molecule has 0 atom stereocenters. The third kappa shape index (κ3) is 6.33. The van der Waals surface area contributed by atoms with Gasteiger partial charge in [-0.2, -0.15) is 0 Å². The quantitative estimate of drug-likeness (QED) is 0.717. The van der Waals surface area contributed by atoms with Gasteiger partial charge in [0, 0.05) is 37.7 Å². The van der Waals surface area contributed by atoms with E-state index < -0.39 is 23.9 Å². The second-order valence-electron chi connectivity index (χ2n) is 6.72. The molecule has 3 rings (SSSR count). The van der Waals surface area contributed by atoms with Crippen LogP contribution in [0.2, 0.25) is 0 Å². The Morgan fingerprint density at radius 2 is 1.70 bits per heavy atom. The van der Waals surface area contributed by atoms with Gasteiger partial charge in [-0.3, -0.25) is 9.59 Å². The lowest BCUT2D eigenvalue weighted by atomic mass is 9.97. The number of halogens is 3. The fourth-order valence-corrected chi connectivity index (χ4v) is 3.04. The zero-order chi connectivity index (χ0) is 21.6. The Hall–Kier alpha value is -3.37. The number of carbonyl (C=O) groups excluding carboxylic acids is 2. The van der Waals surface area contributed by atoms with E-state index in [0.29, 0.717) is 12.5 Å². The van der Waals surface area contributed by atoms with Crippen LogP contribution >= 0.6 is 0 Å². The molecule has 2 amide bonds. The van der Waals surface area contributed by atoms with Crippen molar-refractivity contribution in [2.75, 3.05) is 29.9 Å². The third-order valence-corrected chi connectivity index (χ3v) is 4.55. The zero-order valence-corrected chi connectivity index (χ0v) is 15.9. The Kier molecular flexibility index (Phi) is 6.70. The summed E-state index contributed by atoms with van der Waals surface area (Å²) in [7, 11) is 0. The van der Waals surface area contributed by atoms with E-state index in [4.69, 9.17) is 0 Å². The monoisotopic (exact) mass is 423 g/mol. The van der Waals surface area contributed by atoms with Crippen LogP contribution in [0.3, 0.4) is 0 Å². The predicted octanol–water partition coefficient (Wildman–Crippen LogP) is 2.35. The number of alkyl halides is 3. The smallest absolute Gasteiger partial charge is 0.406 e.